The summed E-state index contributed by atoms with van der Waals surface area (Å²) in [6.45, 7) is 0.759. The van der Waals surface area contributed by atoms with Crippen LogP contribution in [0.5, 0.6) is 11.5 Å². The van der Waals surface area contributed by atoms with E-state index in [-0.39, 0.29) is 18.2 Å². The van der Waals surface area contributed by atoms with Gasteiger partial charge in [-0.25, -0.2) is 0 Å². The van der Waals surface area contributed by atoms with Crippen LogP contribution in [0.2, 0.25) is 0 Å². The molecule has 0 bridgehead atoms. The van der Waals surface area contributed by atoms with Crippen molar-refractivity contribution >= 4 is 39.1 Å². The number of nitrogens with zero attached hydrogens (tertiary/aromatic N) is 1. The average molecular weight is 510 g/mol. The van der Waals surface area contributed by atoms with Gasteiger partial charge in [-0.05, 0) is 42.0 Å². The Labute approximate surface area is 200 Å². The second-order valence-corrected chi connectivity index (χ2v) is 8.55. The summed E-state index contributed by atoms with van der Waals surface area (Å²) in [5.41, 5.74) is 8.08. The van der Waals surface area contributed by atoms with Gasteiger partial charge in [0.25, 0.3) is 0 Å². The molecule has 2 amide bonds. The van der Waals surface area contributed by atoms with Gasteiger partial charge < -0.3 is 14.4 Å². The summed E-state index contributed by atoms with van der Waals surface area (Å²) in [7, 11) is 1.56. The normalized spacial score (nSPS) is 15.3. The molecule has 0 aliphatic carbocycles. The maximum atomic E-state index is 12.7. The molecule has 0 spiro atoms. The number of ether oxygens (including phenoxy) is 2. The molecule has 0 aromatic heterocycles. The first kappa shape index (κ1) is 22.7. The molecule has 170 valence electrons. The van der Waals surface area contributed by atoms with Crippen LogP contribution in [0.4, 0.5) is 11.4 Å². The zero-order valence-electron chi connectivity index (χ0n) is 18.1. The van der Waals surface area contributed by atoms with Gasteiger partial charge >= 0.3 is 0 Å². The lowest BCUT2D eigenvalue weighted by atomic mass is 10.1. The molecule has 8 heteroatoms. The molecule has 1 saturated heterocycles. The number of methoxy groups -OCH3 is 1. The van der Waals surface area contributed by atoms with Crippen molar-refractivity contribution in [2.24, 2.45) is 5.92 Å². The third-order valence-electron chi connectivity index (χ3n) is 5.36. The molecule has 33 heavy (non-hydrogen) atoms. The molecule has 4 rings (SSSR count). The molecule has 0 radical (unpaired) electrons. The summed E-state index contributed by atoms with van der Waals surface area (Å²) >= 11 is 3.39. The Balaban J connectivity index is 1.33. The van der Waals surface area contributed by atoms with Gasteiger partial charge in [-0.1, -0.05) is 46.3 Å². The van der Waals surface area contributed by atoms with Crippen LogP contribution < -0.4 is 25.2 Å². The van der Waals surface area contributed by atoms with Crippen LogP contribution in [-0.2, 0) is 16.2 Å². The van der Waals surface area contributed by atoms with Gasteiger partial charge in [0.05, 0.1) is 18.7 Å². The first-order valence-electron chi connectivity index (χ1n) is 10.5. The summed E-state index contributed by atoms with van der Waals surface area (Å²) in [6.07, 6.45) is 0.166. The second kappa shape index (κ2) is 10.4. The van der Waals surface area contributed by atoms with Crippen molar-refractivity contribution in [1.82, 2.24) is 5.43 Å². The molecule has 0 saturated carbocycles. The Morgan fingerprint density at radius 3 is 2.55 bits per heavy atom. The molecular weight excluding hydrogens is 486 g/mol. The Hall–Kier alpha value is -3.52. The van der Waals surface area contributed by atoms with E-state index >= 15 is 0 Å². The summed E-state index contributed by atoms with van der Waals surface area (Å²) in [5.74, 6) is 0.391. The molecule has 3 aromatic carbocycles. The number of hydrogen-bond donors (Lipinski definition) is 2. The zero-order valence-corrected chi connectivity index (χ0v) is 19.7. The van der Waals surface area contributed by atoms with Gasteiger partial charge in [0.2, 0.25) is 11.8 Å². The molecule has 1 fully saturated rings. The van der Waals surface area contributed by atoms with Crippen molar-refractivity contribution in [3.63, 3.8) is 0 Å². The highest BCUT2D eigenvalue weighted by Gasteiger charge is 2.35. The smallest absolute Gasteiger partial charge is 0.243 e. The lowest BCUT2D eigenvalue weighted by molar-refractivity contribution is -0.125. The fraction of sp³-hybridized carbons (Fsp3) is 0.200. The number of carbonyl (C=O) groups is 2. The van der Waals surface area contributed by atoms with Crippen molar-refractivity contribution in [2.45, 2.75) is 13.0 Å². The van der Waals surface area contributed by atoms with E-state index in [1.165, 1.54) is 0 Å². The highest BCUT2D eigenvalue weighted by atomic mass is 79.9. The van der Waals surface area contributed by atoms with Crippen molar-refractivity contribution in [1.29, 1.82) is 0 Å². The van der Waals surface area contributed by atoms with Crippen LogP contribution in [-0.4, -0.2) is 25.5 Å². The van der Waals surface area contributed by atoms with Crippen LogP contribution in [0.3, 0.4) is 0 Å². The molecule has 0 unspecified atom stereocenters. The third kappa shape index (κ3) is 5.64. The fourth-order valence-electron chi connectivity index (χ4n) is 3.59. The van der Waals surface area contributed by atoms with Gasteiger partial charge in [0.1, 0.15) is 6.61 Å². The molecule has 2 N–H and O–H groups in total. The zero-order chi connectivity index (χ0) is 23.2. The predicted molar refractivity (Wildman–Crippen MR) is 130 cm³/mol. The Kier molecular flexibility index (Phi) is 7.14. The highest BCUT2D eigenvalue weighted by Crippen LogP contribution is 2.31. The Bertz CT molecular complexity index is 1120. The van der Waals surface area contributed by atoms with Crippen LogP contribution in [0, 0.1) is 5.92 Å². The average Bonchev–Trinajstić information content (AvgIpc) is 3.24. The number of amides is 2. The number of nitrogens with one attached hydrogen (secondary N) is 2. The van der Waals surface area contributed by atoms with E-state index in [2.05, 4.69) is 26.8 Å². The molecule has 1 aliphatic heterocycles. The first-order chi connectivity index (χ1) is 16.0. The van der Waals surface area contributed by atoms with E-state index in [4.69, 9.17) is 9.47 Å². The lowest BCUT2D eigenvalue weighted by Crippen LogP contribution is -2.36. The van der Waals surface area contributed by atoms with Crippen LogP contribution in [0.25, 0.3) is 0 Å². The summed E-state index contributed by atoms with van der Waals surface area (Å²) < 4.78 is 12.2. The number of carbonyl (C=O) groups excluding carboxylic acids is 2. The molecule has 1 aliphatic rings. The molecule has 1 heterocycles. The standard InChI is InChI=1S/C25H24BrN3O4/c1-32-23-14-20(9-12-22(23)33-16-17-5-3-2-4-6-17)27-28-25(31)18-13-24(30)29(15-18)21-10-7-19(26)8-11-21/h2-12,14,18,27H,13,15-16H2,1H3,(H,28,31)/t18-/m0/s1. The van der Waals surface area contributed by atoms with Gasteiger partial charge in [0.15, 0.2) is 11.5 Å². The number of rotatable bonds is 8. The van der Waals surface area contributed by atoms with E-state index in [0.29, 0.717) is 30.3 Å². The van der Waals surface area contributed by atoms with Crippen molar-refractivity contribution in [3.05, 3.63) is 82.8 Å². The van der Waals surface area contributed by atoms with Crippen LogP contribution in [0.15, 0.2) is 77.3 Å². The van der Waals surface area contributed by atoms with E-state index in [0.717, 1.165) is 15.7 Å². The lowest BCUT2D eigenvalue weighted by Gasteiger charge is -2.17. The number of hydrazine groups is 1. The van der Waals surface area contributed by atoms with Gasteiger partial charge in [-0.15, -0.1) is 0 Å². The largest absolute Gasteiger partial charge is 0.493 e. The predicted octanol–water partition coefficient (Wildman–Crippen LogP) is 4.53. The van der Waals surface area contributed by atoms with Crippen LogP contribution in [0.1, 0.15) is 12.0 Å². The quantitative estimate of drug-likeness (QED) is 0.436. The Morgan fingerprint density at radius 2 is 1.82 bits per heavy atom. The second-order valence-electron chi connectivity index (χ2n) is 7.64. The van der Waals surface area contributed by atoms with E-state index in [1.807, 2.05) is 54.6 Å². The maximum absolute atomic E-state index is 12.7. The molecular formula is C25H24BrN3O4. The summed E-state index contributed by atoms with van der Waals surface area (Å²) in [4.78, 5) is 26.7. The molecule has 3 aromatic rings. The first-order valence-corrected chi connectivity index (χ1v) is 11.3. The number of halogens is 1. The highest BCUT2D eigenvalue weighted by molar-refractivity contribution is 9.10. The minimum absolute atomic E-state index is 0.0703. The van der Waals surface area contributed by atoms with E-state index in [9.17, 15) is 9.59 Å². The van der Waals surface area contributed by atoms with Gasteiger partial charge in [0, 0.05) is 29.2 Å². The van der Waals surface area contributed by atoms with Crippen molar-refractivity contribution in [3.8, 4) is 11.5 Å². The SMILES string of the molecule is COc1cc(NNC(=O)[C@H]2CC(=O)N(c3ccc(Br)cc3)C2)ccc1OCc1ccccc1. The number of benzene rings is 3. The van der Waals surface area contributed by atoms with E-state index in [1.54, 1.807) is 30.2 Å². The number of hydrogen-bond acceptors (Lipinski definition) is 5. The molecule has 7 nitrogen and oxygen atoms in total. The topological polar surface area (TPSA) is 79.9 Å². The summed E-state index contributed by atoms with van der Waals surface area (Å²) in [6, 6.07) is 22.6. The van der Waals surface area contributed by atoms with Crippen molar-refractivity contribution in [2.75, 3.05) is 24.0 Å². The van der Waals surface area contributed by atoms with Gasteiger partial charge in [-0.2, -0.15) is 0 Å². The minimum atomic E-state index is -0.441. The third-order valence-corrected chi connectivity index (χ3v) is 5.89. The monoisotopic (exact) mass is 509 g/mol. The fourth-order valence-corrected chi connectivity index (χ4v) is 3.85. The maximum Gasteiger partial charge on any atom is 0.243 e. The summed E-state index contributed by atoms with van der Waals surface area (Å²) in [5, 5.41) is 0. The van der Waals surface area contributed by atoms with E-state index < -0.39 is 5.92 Å². The number of anilines is 2. The molecule has 1 atom stereocenters. The van der Waals surface area contributed by atoms with Crippen LogP contribution >= 0.6 is 15.9 Å². The Morgan fingerprint density at radius 1 is 1.06 bits per heavy atom. The van der Waals surface area contributed by atoms with Crippen molar-refractivity contribution < 1.29 is 19.1 Å². The minimum Gasteiger partial charge on any atom is -0.493 e. The van der Waals surface area contributed by atoms with Gasteiger partial charge in [-0.3, -0.25) is 20.4 Å².